The lowest BCUT2D eigenvalue weighted by Crippen LogP contribution is -2.47. The number of aromatic nitrogens is 4. The molecule has 2 fully saturated rings. The number of anilines is 2. The molecular weight excluding hydrogens is 398 g/mol. The van der Waals surface area contributed by atoms with Gasteiger partial charge in [0.2, 0.25) is 5.95 Å². The molecule has 7 heteroatoms. The topological polar surface area (TPSA) is 76.1 Å². The molecule has 32 heavy (non-hydrogen) atoms. The van der Waals surface area contributed by atoms with Gasteiger partial charge in [0.05, 0.1) is 16.6 Å². The lowest BCUT2D eigenvalue weighted by molar-refractivity contribution is 0.141. The van der Waals surface area contributed by atoms with Crippen LogP contribution in [0.3, 0.4) is 0 Å². The summed E-state index contributed by atoms with van der Waals surface area (Å²) >= 11 is 0. The molecule has 4 heterocycles. The Labute approximate surface area is 190 Å². The predicted molar refractivity (Wildman–Crippen MR) is 131 cm³/mol. The molecular formula is C25H35N7. The van der Waals surface area contributed by atoms with Crippen LogP contribution in [0.2, 0.25) is 0 Å². The number of rotatable bonds is 3. The van der Waals surface area contributed by atoms with Crippen LogP contribution in [-0.2, 0) is 5.54 Å². The van der Waals surface area contributed by atoms with Crippen molar-refractivity contribution in [1.29, 1.82) is 0 Å². The fraction of sp³-hybridized carbons (Fsp3) is 0.560. The van der Waals surface area contributed by atoms with Crippen molar-refractivity contribution in [2.45, 2.75) is 64.5 Å². The van der Waals surface area contributed by atoms with E-state index >= 15 is 0 Å². The van der Waals surface area contributed by atoms with Crippen molar-refractivity contribution >= 4 is 22.8 Å². The summed E-state index contributed by atoms with van der Waals surface area (Å²) in [5, 5.41) is 5.66. The molecule has 5 rings (SSSR count). The molecule has 2 aromatic heterocycles. The average Bonchev–Trinajstić information content (AvgIpc) is 3.17. The van der Waals surface area contributed by atoms with E-state index in [1.54, 1.807) is 0 Å². The molecule has 2 aliphatic heterocycles. The third kappa shape index (κ3) is 3.94. The molecule has 0 amide bonds. The highest BCUT2D eigenvalue weighted by Gasteiger charge is 2.29. The fourth-order valence-corrected chi connectivity index (χ4v) is 5.17. The minimum absolute atomic E-state index is 0.230. The lowest BCUT2D eigenvalue weighted by Gasteiger charge is -2.40. The Balaban J connectivity index is 1.50. The zero-order chi connectivity index (χ0) is 22.3. The Morgan fingerprint density at radius 2 is 1.59 bits per heavy atom. The van der Waals surface area contributed by atoms with E-state index in [9.17, 15) is 0 Å². The lowest BCUT2D eigenvalue weighted by atomic mass is 10.00. The zero-order valence-electron chi connectivity index (χ0n) is 19.6. The highest BCUT2D eigenvalue weighted by Crippen LogP contribution is 2.35. The highest BCUT2D eigenvalue weighted by molar-refractivity contribution is 5.99. The van der Waals surface area contributed by atoms with Gasteiger partial charge in [-0.3, -0.25) is 0 Å². The number of nitrogens with zero attached hydrogens (tertiary/aromatic N) is 6. The van der Waals surface area contributed by atoms with Gasteiger partial charge >= 0.3 is 0 Å². The zero-order valence-corrected chi connectivity index (χ0v) is 19.6. The van der Waals surface area contributed by atoms with Crippen LogP contribution in [-0.4, -0.2) is 56.9 Å². The van der Waals surface area contributed by atoms with Gasteiger partial charge in [-0.05, 0) is 59.5 Å². The van der Waals surface area contributed by atoms with Crippen LogP contribution in [0.4, 0.5) is 11.8 Å². The SMILES string of the molecule is CC(C)(C)n1nc2nc(N3CCC(N4CCCCC4)CC3)nc(-c3ccccc3)c2c1N. The van der Waals surface area contributed by atoms with Crippen molar-refractivity contribution in [2.24, 2.45) is 0 Å². The number of benzene rings is 1. The average molecular weight is 434 g/mol. The second-order valence-electron chi connectivity index (χ2n) is 10.2. The molecule has 0 aliphatic carbocycles. The molecule has 0 saturated carbocycles. The number of hydrogen-bond donors (Lipinski definition) is 1. The van der Waals surface area contributed by atoms with E-state index < -0.39 is 0 Å². The number of fused-ring (bicyclic) bond motifs is 1. The van der Waals surface area contributed by atoms with Gasteiger partial charge in [0.1, 0.15) is 5.82 Å². The number of likely N-dealkylation sites (tertiary alicyclic amines) is 1. The van der Waals surface area contributed by atoms with Gasteiger partial charge in [0, 0.05) is 24.7 Å². The highest BCUT2D eigenvalue weighted by atomic mass is 15.4. The number of piperidine rings is 2. The van der Waals surface area contributed by atoms with Crippen molar-refractivity contribution in [1.82, 2.24) is 24.6 Å². The molecule has 0 unspecified atom stereocenters. The van der Waals surface area contributed by atoms with Gasteiger partial charge in [-0.25, -0.2) is 9.67 Å². The predicted octanol–water partition coefficient (Wildman–Crippen LogP) is 4.29. The minimum Gasteiger partial charge on any atom is -0.383 e. The van der Waals surface area contributed by atoms with Gasteiger partial charge < -0.3 is 15.5 Å². The summed E-state index contributed by atoms with van der Waals surface area (Å²) in [6, 6.07) is 11.0. The van der Waals surface area contributed by atoms with Gasteiger partial charge in [0.15, 0.2) is 5.65 Å². The first-order valence-electron chi connectivity index (χ1n) is 12.0. The van der Waals surface area contributed by atoms with Gasteiger partial charge in [-0.15, -0.1) is 5.10 Å². The molecule has 0 radical (unpaired) electrons. The maximum Gasteiger partial charge on any atom is 0.228 e. The van der Waals surface area contributed by atoms with Crippen molar-refractivity contribution < 1.29 is 0 Å². The largest absolute Gasteiger partial charge is 0.383 e. The van der Waals surface area contributed by atoms with E-state index in [4.69, 9.17) is 20.8 Å². The maximum atomic E-state index is 6.59. The molecule has 0 spiro atoms. The molecule has 170 valence electrons. The smallest absolute Gasteiger partial charge is 0.228 e. The van der Waals surface area contributed by atoms with E-state index in [0.717, 1.165) is 35.7 Å². The minimum atomic E-state index is -0.230. The second kappa shape index (κ2) is 8.35. The summed E-state index contributed by atoms with van der Waals surface area (Å²) in [5.74, 6) is 1.40. The van der Waals surface area contributed by atoms with Crippen molar-refractivity contribution in [3.63, 3.8) is 0 Å². The Bertz CT molecular complexity index is 1070. The molecule has 3 aromatic rings. The van der Waals surface area contributed by atoms with Crippen LogP contribution in [0, 0.1) is 0 Å². The molecule has 2 N–H and O–H groups in total. The Kier molecular flexibility index (Phi) is 5.53. The van der Waals surface area contributed by atoms with Crippen LogP contribution in [0.15, 0.2) is 30.3 Å². The van der Waals surface area contributed by atoms with E-state index in [1.165, 1.54) is 45.2 Å². The number of nitrogen functional groups attached to an aromatic ring is 1. The summed E-state index contributed by atoms with van der Waals surface area (Å²) < 4.78 is 1.88. The molecule has 2 saturated heterocycles. The van der Waals surface area contributed by atoms with Crippen LogP contribution in [0.1, 0.15) is 52.9 Å². The van der Waals surface area contributed by atoms with Gasteiger partial charge in [0.25, 0.3) is 0 Å². The quantitative estimate of drug-likeness (QED) is 0.664. The monoisotopic (exact) mass is 433 g/mol. The molecule has 0 bridgehead atoms. The molecule has 0 atom stereocenters. The first-order chi connectivity index (χ1) is 15.4. The summed E-state index contributed by atoms with van der Waals surface area (Å²) in [4.78, 5) is 15.0. The Morgan fingerprint density at radius 3 is 2.25 bits per heavy atom. The number of hydrogen-bond acceptors (Lipinski definition) is 6. The van der Waals surface area contributed by atoms with E-state index in [-0.39, 0.29) is 5.54 Å². The third-order valence-corrected chi connectivity index (χ3v) is 6.89. The summed E-state index contributed by atoms with van der Waals surface area (Å²) in [5.41, 5.74) is 8.96. The fourth-order valence-electron chi connectivity index (χ4n) is 5.17. The standard InChI is InChI=1S/C25H35N7/c1-25(2,3)32-22(26)20-21(18-10-6-4-7-11-18)27-24(28-23(20)29-32)31-16-12-19(13-17-31)30-14-8-5-9-15-30/h4,6-7,10-11,19H,5,8-9,12-17,26H2,1-3H3. The summed E-state index contributed by atoms with van der Waals surface area (Å²) in [7, 11) is 0. The van der Waals surface area contributed by atoms with Gasteiger partial charge in [-0.1, -0.05) is 36.8 Å². The molecule has 7 nitrogen and oxygen atoms in total. The Morgan fingerprint density at radius 1 is 0.906 bits per heavy atom. The van der Waals surface area contributed by atoms with E-state index in [0.29, 0.717) is 17.5 Å². The molecule has 1 aromatic carbocycles. The summed E-state index contributed by atoms with van der Waals surface area (Å²) in [6.45, 7) is 10.8. The van der Waals surface area contributed by atoms with Crippen molar-refractivity contribution in [3.8, 4) is 11.3 Å². The van der Waals surface area contributed by atoms with Crippen LogP contribution < -0.4 is 10.6 Å². The van der Waals surface area contributed by atoms with Crippen molar-refractivity contribution in [2.75, 3.05) is 36.8 Å². The van der Waals surface area contributed by atoms with Gasteiger partial charge in [-0.2, -0.15) is 4.98 Å². The normalized spacial score (nSPS) is 19.0. The van der Waals surface area contributed by atoms with E-state index in [1.807, 2.05) is 22.9 Å². The van der Waals surface area contributed by atoms with Crippen molar-refractivity contribution in [3.05, 3.63) is 30.3 Å². The molecule has 2 aliphatic rings. The first-order valence-corrected chi connectivity index (χ1v) is 12.0. The second-order valence-corrected chi connectivity index (χ2v) is 10.2. The van der Waals surface area contributed by atoms with E-state index in [2.05, 4.69) is 42.7 Å². The van der Waals surface area contributed by atoms with Crippen LogP contribution in [0.5, 0.6) is 0 Å². The van der Waals surface area contributed by atoms with Crippen LogP contribution in [0.25, 0.3) is 22.3 Å². The first kappa shape index (κ1) is 21.2. The number of nitrogens with two attached hydrogens (primary N) is 1. The maximum absolute atomic E-state index is 6.59. The Hall–Kier alpha value is -2.67. The third-order valence-electron chi connectivity index (χ3n) is 6.89. The van der Waals surface area contributed by atoms with Crippen LogP contribution >= 0.6 is 0 Å². The summed E-state index contributed by atoms with van der Waals surface area (Å²) in [6.07, 6.45) is 6.41.